The zero-order valence-corrected chi connectivity index (χ0v) is 14.5. The largest absolute Gasteiger partial charge is 0.339 e. The molecule has 7 heteroatoms. The van der Waals surface area contributed by atoms with Crippen LogP contribution in [0.4, 0.5) is 9.18 Å². The van der Waals surface area contributed by atoms with Crippen LogP contribution in [-0.4, -0.2) is 28.6 Å². The van der Waals surface area contributed by atoms with Crippen molar-refractivity contribution in [1.82, 2.24) is 9.27 Å². The molecule has 1 amide bonds. The summed E-state index contributed by atoms with van der Waals surface area (Å²) in [6.07, 6.45) is 1.74. The van der Waals surface area contributed by atoms with Crippen LogP contribution in [-0.2, 0) is 0 Å². The lowest BCUT2D eigenvalue weighted by Crippen LogP contribution is -2.16. The van der Waals surface area contributed by atoms with Gasteiger partial charge in [0, 0.05) is 36.1 Å². The Bertz CT molecular complexity index is 976. The van der Waals surface area contributed by atoms with Crippen molar-refractivity contribution in [3.63, 3.8) is 0 Å². The van der Waals surface area contributed by atoms with E-state index >= 15 is 0 Å². The fourth-order valence-corrected chi connectivity index (χ4v) is 3.93. The van der Waals surface area contributed by atoms with E-state index in [0.717, 1.165) is 32.3 Å². The monoisotopic (exact) mass is 357 g/mol. The molecule has 0 fully saturated rings. The fraction of sp³-hybridized carbons (Fsp3) is 0.118. The van der Waals surface area contributed by atoms with Gasteiger partial charge < -0.3 is 4.90 Å². The van der Waals surface area contributed by atoms with Crippen LogP contribution in [0.3, 0.4) is 0 Å². The number of hydrogen-bond donors (Lipinski definition) is 0. The number of rotatable bonds is 2. The molecule has 0 aliphatic rings. The van der Waals surface area contributed by atoms with E-state index in [2.05, 4.69) is 4.37 Å². The van der Waals surface area contributed by atoms with Gasteiger partial charge in [0.1, 0.15) is 11.9 Å². The van der Waals surface area contributed by atoms with Crippen molar-refractivity contribution in [2.75, 3.05) is 14.1 Å². The van der Waals surface area contributed by atoms with E-state index in [1.165, 1.54) is 28.6 Å². The molecule has 1 aromatic heterocycles. The molecule has 3 rings (SSSR count). The molecule has 0 spiro atoms. The van der Waals surface area contributed by atoms with Gasteiger partial charge in [-0.1, -0.05) is 12.1 Å². The number of fused-ring (bicyclic) bond motifs is 1. The molecule has 0 saturated carbocycles. The standard InChI is InChI=1S/C17H12FN3OS2/c1-21(2)17(22)23-14-6-5-12-9-20-24-16(12)15(14)10-3-4-11(8-19)13(18)7-10/h3-7,9H,1-2H3. The number of nitrogens with zero attached hydrogens (tertiary/aromatic N) is 3. The molecule has 0 bridgehead atoms. The molecular formula is C17H12FN3OS2. The highest BCUT2D eigenvalue weighted by Gasteiger charge is 2.17. The predicted octanol–water partition coefficient (Wildman–Crippen LogP) is 4.75. The van der Waals surface area contributed by atoms with E-state index in [1.54, 1.807) is 26.4 Å². The number of benzene rings is 2. The molecule has 0 saturated heterocycles. The average Bonchev–Trinajstić information content (AvgIpc) is 3.03. The second-order valence-corrected chi connectivity index (χ2v) is 7.05. The number of hydrogen-bond acceptors (Lipinski definition) is 5. The Morgan fingerprint density at radius 2 is 2.12 bits per heavy atom. The second-order valence-electron chi connectivity index (χ2n) is 5.25. The Morgan fingerprint density at radius 3 is 2.79 bits per heavy atom. The topological polar surface area (TPSA) is 57.0 Å². The Hall–Kier alpha value is -2.43. The Kier molecular flexibility index (Phi) is 4.51. The molecule has 0 atom stereocenters. The first-order valence-corrected chi connectivity index (χ1v) is 8.57. The minimum Gasteiger partial charge on any atom is -0.339 e. The number of aromatic nitrogens is 1. The van der Waals surface area contributed by atoms with E-state index in [4.69, 9.17) is 5.26 Å². The number of halogens is 1. The number of amides is 1. The van der Waals surface area contributed by atoms with Gasteiger partial charge in [0.05, 0.1) is 10.3 Å². The van der Waals surface area contributed by atoms with E-state index in [-0.39, 0.29) is 10.8 Å². The normalized spacial score (nSPS) is 10.6. The zero-order valence-electron chi connectivity index (χ0n) is 12.9. The molecular weight excluding hydrogens is 345 g/mol. The van der Waals surface area contributed by atoms with Gasteiger partial charge in [0.25, 0.3) is 5.24 Å². The van der Waals surface area contributed by atoms with Crippen molar-refractivity contribution < 1.29 is 9.18 Å². The highest BCUT2D eigenvalue weighted by Crippen LogP contribution is 2.40. The molecule has 0 radical (unpaired) electrons. The van der Waals surface area contributed by atoms with Crippen molar-refractivity contribution in [1.29, 1.82) is 5.26 Å². The van der Waals surface area contributed by atoms with Crippen LogP contribution in [0.1, 0.15) is 5.56 Å². The molecule has 0 N–H and O–H groups in total. The molecule has 3 aromatic rings. The lowest BCUT2D eigenvalue weighted by Gasteiger charge is -2.13. The van der Waals surface area contributed by atoms with Crippen molar-refractivity contribution >= 4 is 38.6 Å². The van der Waals surface area contributed by atoms with Crippen molar-refractivity contribution in [3.05, 3.63) is 47.9 Å². The van der Waals surface area contributed by atoms with Crippen LogP contribution in [0.2, 0.25) is 0 Å². The molecule has 0 aliphatic heterocycles. The Morgan fingerprint density at radius 1 is 1.33 bits per heavy atom. The lowest BCUT2D eigenvalue weighted by molar-refractivity contribution is 0.241. The summed E-state index contributed by atoms with van der Waals surface area (Å²) in [6, 6.07) is 10.0. The van der Waals surface area contributed by atoms with Gasteiger partial charge in [-0.15, -0.1) is 0 Å². The van der Waals surface area contributed by atoms with Crippen molar-refractivity contribution in [2.24, 2.45) is 0 Å². The Balaban J connectivity index is 2.20. The van der Waals surface area contributed by atoms with Crippen LogP contribution >= 0.6 is 23.3 Å². The third-order valence-electron chi connectivity index (χ3n) is 3.43. The maximum atomic E-state index is 14.1. The summed E-state index contributed by atoms with van der Waals surface area (Å²) in [4.78, 5) is 14.3. The number of carbonyl (C=O) groups is 1. The molecule has 24 heavy (non-hydrogen) atoms. The number of thioether (sulfide) groups is 1. The quantitative estimate of drug-likeness (QED) is 0.621. The summed E-state index contributed by atoms with van der Waals surface area (Å²) in [5, 5.41) is 9.72. The first-order valence-electron chi connectivity index (χ1n) is 6.98. The first-order chi connectivity index (χ1) is 11.5. The summed E-state index contributed by atoms with van der Waals surface area (Å²) < 4.78 is 19.1. The van der Waals surface area contributed by atoms with Crippen molar-refractivity contribution in [2.45, 2.75) is 4.90 Å². The van der Waals surface area contributed by atoms with Gasteiger partial charge in [-0.3, -0.25) is 4.79 Å². The summed E-state index contributed by atoms with van der Waals surface area (Å²) in [6.45, 7) is 0. The summed E-state index contributed by atoms with van der Waals surface area (Å²) in [5.74, 6) is -0.577. The van der Waals surface area contributed by atoms with Gasteiger partial charge >= 0.3 is 0 Å². The van der Waals surface area contributed by atoms with Gasteiger partial charge in [-0.2, -0.15) is 9.64 Å². The summed E-state index contributed by atoms with van der Waals surface area (Å²) in [7, 11) is 3.36. The third-order valence-corrected chi connectivity index (χ3v) is 5.36. The van der Waals surface area contributed by atoms with Gasteiger partial charge in [0.15, 0.2) is 0 Å². The number of carbonyl (C=O) groups excluding carboxylic acids is 1. The predicted molar refractivity (Wildman–Crippen MR) is 94.7 cm³/mol. The van der Waals surface area contributed by atoms with E-state index in [0.29, 0.717) is 5.56 Å². The van der Waals surface area contributed by atoms with Crippen molar-refractivity contribution in [3.8, 4) is 17.2 Å². The molecule has 2 aromatic carbocycles. The van der Waals surface area contributed by atoms with Crippen LogP contribution < -0.4 is 0 Å². The minimum atomic E-state index is -0.577. The van der Waals surface area contributed by atoms with E-state index in [1.807, 2.05) is 18.2 Å². The first kappa shape index (κ1) is 16.4. The highest BCUT2D eigenvalue weighted by molar-refractivity contribution is 8.13. The SMILES string of the molecule is CN(C)C(=O)Sc1ccc2cnsc2c1-c1ccc(C#N)c(F)c1. The minimum absolute atomic E-state index is 0.00574. The second kappa shape index (κ2) is 6.59. The van der Waals surface area contributed by atoms with Crippen LogP contribution in [0.5, 0.6) is 0 Å². The molecule has 4 nitrogen and oxygen atoms in total. The maximum absolute atomic E-state index is 14.1. The molecule has 0 unspecified atom stereocenters. The fourth-order valence-electron chi connectivity index (χ4n) is 2.22. The van der Waals surface area contributed by atoms with E-state index in [9.17, 15) is 9.18 Å². The van der Waals surface area contributed by atoms with Crippen LogP contribution in [0.15, 0.2) is 41.4 Å². The number of nitriles is 1. The van der Waals surface area contributed by atoms with Crippen LogP contribution in [0, 0.1) is 17.1 Å². The summed E-state index contributed by atoms with van der Waals surface area (Å²) in [5.41, 5.74) is 1.38. The average molecular weight is 357 g/mol. The van der Waals surface area contributed by atoms with Gasteiger partial charge in [-0.05, 0) is 47.1 Å². The molecule has 120 valence electrons. The zero-order chi connectivity index (χ0) is 17.3. The Labute approximate surface area is 146 Å². The third kappa shape index (κ3) is 2.98. The smallest absolute Gasteiger partial charge is 0.285 e. The maximum Gasteiger partial charge on any atom is 0.285 e. The van der Waals surface area contributed by atoms with Gasteiger partial charge in [-0.25, -0.2) is 4.39 Å². The van der Waals surface area contributed by atoms with Gasteiger partial charge in [0.2, 0.25) is 0 Å². The lowest BCUT2D eigenvalue weighted by atomic mass is 10.0. The molecule has 1 heterocycles. The van der Waals surface area contributed by atoms with E-state index < -0.39 is 5.82 Å². The molecule has 0 aliphatic carbocycles. The van der Waals surface area contributed by atoms with Crippen LogP contribution in [0.25, 0.3) is 21.2 Å². The summed E-state index contributed by atoms with van der Waals surface area (Å²) >= 11 is 2.38. The highest BCUT2D eigenvalue weighted by atomic mass is 32.2.